The minimum Gasteiger partial charge on any atom is -0.396 e. The van der Waals surface area contributed by atoms with Crippen molar-refractivity contribution >= 4 is 33.5 Å². The van der Waals surface area contributed by atoms with Crippen LogP contribution in [0.5, 0.6) is 0 Å². The van der Waals surface area contributed by atoms with Gasteiger partial charge in [-0.15, -0.1) is 32.9 Å². The van der Waals surface area contributed by atoms with Crippen molar-refractivity contribution in [2.45, 2.75) is 24.4 Å². The molecule has 4 fully saturated rings. The number of hydrogen-bond acceptors (Lipinski definition) is 19. The van der Waals surface area contributed by atoms with Crippen molar-refractivity contribution in [3.8, 4) is 0 Å². The molecule has 19 nitrogen and oxygen atoms in total. The minimum atomic E-state index is -1.11. The van der Waals surface area contributed by atoms with Crippen LogP contribution in [0.1, 0.15) is 10.4 Å². The molecular formula is C49H78BrClO19. The van der Waals surface area contributed by atoms with Crippen LogP contribution in [0.2, 0.25) is 5.02 Å². The predicted octanol–water partition coefficient (Wildman–Crippen LogP) is 3.90. The van der Waals surface area contributed by atoms with Crippen molar-refractivity contribution < 1.29 is 92.2 Å². The second kappa shape index (κ2) is 40.9. The van der Waals surface area contributed by atoms with Gasteiger partial charge in [0, 0.05) is 10.4 Å². The number of hydrogen-bond donors (Lipinski definition) is 5. The first-order chi connectivity index (χ1) is 33.9. The predicted molar refractivity (Wildman–Crippen MR) is 265 cm³/mol. The van der Waals surface area contributed by atoms with Crippen LogP contribution in [-0.2, 0) is 61.7 Å². The zero-order valence-corrected chi connectivity index (χ0v) is 42.8. The summed E-state index contributed by atoms with van der Waals surface area (Å²) in [4.78, 5) is 14.1. The van der Waals surface area contributed by atoms with E-state index in [0.717, 1.165) is 31.8 Å². The highest BCUT2D eigenvalue weighted by molar-refractivity contribution is 9.09. The first kappa shape index (κ1) is 65.5. The molecule has 0 aliphatic carbocycles. The van der Waals surface area contributed by atoms with E-state index in [1.165, 1.54) is 12.1 Å². The zero-order chi connectivity index (χ0) is 51.8. The third-order valence-electron chi connectivity index (χ3n) is 9.63. The van der Waals surface area contributed by atoms with Gasteiger partial charge in [0.1, 0.15) is 24.4 Å². The molecule has 5 N–H and O–H groups in total. The van der Waals surface area contributed by atoms with E-state index < -0.39 is 37.8 Å². The maximum Gasteiger partial charge on any atom is 0.372 e. The second-order valence-corrected chi connectivity index (χ2v) is 17.6. The molecule has 70 heavy (non-hydrogen) atoms. The van der Waals surface area contributed by atoms with Gasteiger partial charge in [0.05, 0.1) is 180 Å². The van der Waals surface area contributed by atoms with E-state index in [-0.39, 0.29) is 40.8 Å². The fraction of sp³-hybridized carbons (Fsp3) is 0.653. The quantitative estimate of drug-likeness (QED) is 0.0157. The molecule has 0 aromatic heterocycles. The van der Waals surface area contributed by atoms with Crippen LogP contribution in [0.15, 0.2) is 87.5 Å². The van der Waals surface area contributed by atoms with Crippen molar-refractivity contribution in [3.05, 3.63) is 98.1 Å². The number of ether oxygens (including phenoxy) is 12. The lowest BCUT2D eigenvalue weighted by molar-refractivity contribution is -0.182. The summed E-state index contributed by atoms with van der Waals surface area (Å²) in [5.74, 6) is -0.813. The summed E-state index contributed by atoms with van der Waals surface area (Å²) in [5, 5.41) is 43.3. The molecule has 21 heteroatoms. The van der Waals surface area contributed by atoms with Crippen LogP contribution in [0, 0.1) is 16.2 Å². The smallest absolute Gasteiger partial charge is 0.372 e. The van der Waals surface area contributed by atoms with Crippen LogP contribution < -0.4 is 0 Å². The third kappa shape index (κ3) is 33.3. The highest BCUT2D eigenvalue weighted by Gasteiger charge is 2.37. The van der Waals surface area contributed by atoms with E-state index >= 15 is 0 Å². The van der Waals surface area contributed by atoms with Crippen molar-refractivity contribution in [2.24, 2.45) is 16.2 Å². The van der Waals surface area contributed by atoms with Crippen LogP contribution in [0.25, 0.3) is 0 Å². The summed E-state index contributed by atoms with van der Waals surface area (Å²) < 4.78 is 66.8. The van der Waals surface area contributed by atoms with Gasteiger partial charge >= 0.3 is 5.97 Å². The Labute approximate surface area is 426 Å². The Hall–Kier alpha value is -2.52. The molecule has 0 saturated carbocycles. The summed E-state index contributed by atoms with van der Waals surface area (Å²) in [6.07, 6.45) is 9.59. The van der Waals surface area contributed by atoms with Crippen LogP contribution in [0.3, 0.4) is 0 Å². The molecule has 4 aliphatic rings. The van der Waals surface area contributed by atoms with E-state index in [2.05, 4.69) is 53.7 Å². The number of rotatable bonds is 38. The second-order valence-electron chi connectivity index (χ2n) is 16.6. The number of carbonyl (C=O) groups excluding carboxylic acids is 1. The molecule has 4 saturated heterocycles. The van der Waals surface area contributed by atoms with Crippen LogP contribution >= 0.6 is 27.5 Å². The maximum absolute atomic E-state index is 10.6. The largest absolute Gasteiger partial charge is 0.396 e. The molecule has 1 aromatic carbocycles. The average molecular weight is 1090 g/mol. The van der Waals surface area contributed by atoms with Crippen LogP contribution in [0.4, 0.5) is 0 Å². The van der Waals surface area contributed by atoms with E-state index in [4.69, 9.17) is 94.1 Å². The van der Waals surface area contributed by atoms with Gasteiger partial charge in [0.2, 0.25) is 0 Å². The van der Waals surface area contributed by atoms with Gasteiger partial charge in [0.15, 0.2) is 0 Å². The molecule has 0 bridgehead atoms. The molecule has 0 amide bonds. The number of allylic oxidation sites excluding steroid dienone is 1. The number of halogens is 2. The molecular weight excluding hydrogens is 1010 g/mol. The van der Waals surface area contributed by atoms with Crippen molar-refractivity contribution in [3.63, 3.8) is 0 Å². The minimum absolute atomic E-state index is 0.222. The Morgan fingerprint density at radius 2 is 0.843 bits per heavy atom. The summed E-state index contributed by atoms with van der Waals surface area (Å²) in [6.45, 7) is 27.8. The van der Waals surface area contributed by atoms with Gasteiger partial charge in [-0.05, 0) is 18.2 Å². The molecule has 4 atom stereocenters. The number of epoxide rings is 4. The van der Waals surface area contributed by atoms with Gasteiger partial charge in [-0.1, -0.05) is 64.0 Å². The summed E-state index contributed by atoms with van der Waals surface area (Å²) >= 11 is 8.69. The van der Waals surface area contributed by atoms with Crippen LogP contribution in [-0.4, -0.2) is 220 Å². The van der Waals surface area contributed by atoms with Gasteiger partial charge in [0.25, 0.3) is 0 Å². The Kier molecular flexibility index (Phi) is 38.3. The van der Waals surface area contributed by atoms with E-state index in [1.54, 1.807) is 42.5 Å². The standard InChI is InChI=1S/C17H28O8.C17H28O4.C7H5ClO3.C5H12O4.C3H5Br/c1(13-5-22-13)18-9-17(10-19-2-14-6-23-14,11-20-3-15-7-24-15)12-21-4-16-8-25-16;1-5-9-18-13-17(14-19-10-6-2,15-20-11-7-3)16-21-12-8-4;8-6-3-1-2-5(4-6)7(9)11-10;6-1-5(2-7,3-8)4-9;1-2-3-4/h13-16H,1-12H2;5-8H,1-4,9-16H2;1-4,10H;6-9H,1-4H2;2H,1,3H2. The Balaban J connectivity index is 0.000000488. The maximum atomic E-state index is 10.6. The van der Waals surface area contributed by atoms with Gasteiger partial charge in [-0.3, -0.25) is 4.89 Å². The lowest BCUT2D eigenvalue weighted by Crippen LogP contribution is -2.43. The molecule has 0 spiro atoms. The molecule has 5 rings (SSSR count). The summed E-state index contributed by atoms with van der Waals surface area (Å²) in [5.41, 5.74) is -1.62. The highest BCUT2D eigenvalue weighted by atomic mass is 79.9. The first-order valence-electron chi connectivity index (χ1n) is 22.7. The third-order valence-corrected chi connectivity index (χ3v) is 10.3. The zero-order valence-electron chi connectivity index (χ0n) is 40.4. The first-order valence-corrected chi connectivity index (χ1v) is 24.2. The number of carbonyl (C=O) groups is 1. The van der Waals surface area contributed by atoms with Gasteiger partial charge in [-0.2, -0.15) is 5.26 Å². The highest BCUT2D eigenvalue weighted by Crippen LogP contribution is 2.25. The normalized spacial score (nSPS) is 19.0. The fourth-order valence-electron chi connectivity index (χ4n) is 5.19. The average Bonchev–Trinajstić information content (AvgIpc) is 4.13. The fourth-order valence-corrected chi connectivity index (χ4v) is 5.38. The summed E-state index contributed by atoms with van der Waals surface area (Å²) in [7, 11) is 0. The molecule has 4 heterocycles. The molecule has 0 radical (unpaired) electrons. The molecule has 4 aliphatic heterocycles. The number of benzene rings is 1. The number of alkyl halides is 1. The Morgan fingerprint density at radius 3 is 1.04 bits per heavy atom. The van der Waals surface area contributed by atoms with Crippen molar-refractivity contribution in [1.82, 2.24) is 0 Å². The molecule has 4 unspecified atom stereocenters. The number of aliphatic hydroxyl groups is 4. The Bertz CT molecular complexity index is 1360. The van der Waals surface area contributed by atoms with E-state index in [0.29, 0.717) is 111 Å². The lowest BCUT2D eigenvalue weighted by Gasteiger charge is -2.32. The van der Waals surface area contributed by atoms with Crippen molar-refractivity contribution in [2.75, 3.05) is 164 Å². The van der Waals surface area contributed by atoms with E-state index in [9.17, 15) is 4.79 Å². The Morgan fingerprint density at radius 1 is 0.557 bits per heavy atom. The summed E-state index contributed by atoms with van der Waals surface area (Å²) in [6, 6.07) is 6.11. The topological polar surface area (TPSA) is 251 Å². The monoisotopic (exact) mass is 1080 g/mol. The lowest BCUT2D eigenvalue weighted by atomic mass is 9.92. The van der Waals surface area contributed by atoms with Gasteiger partial charge in [-0.25, -0.2) is 4.79 Å². The van der Waals surface area contributed by atoms with Gasteiger partial charge < -0.3 is 77.3 Å². The van der Waals surface area contributed by atoms with E-state index in [1.807, 2.05) is 0 Å². The molecule has 1 aromatic rings. The SMILES string of the molecule is C(OCC(COCC1CO1)(COCC1CO1)COCC1CO1)C1CO1.C=CCBr.C=CCOCC(COCC=C)(COCC=C)COCC=C.O=C(OO)c1cccc(Cl)c1.OCC(CO)(CO)CO. The molecule has 402 valence electrons. The van der Waals surface area contributed by atoms with Crippen molar-refractivity contribution in [1.29, 1.82) is 0 Å². The number of aliphatic hydroxyl groups excluding tert-OH is 4.